The van der Waals surface area contributed by atoms with Crippen molar-refractivity contribution in [1.29, 1.82) is 0 Å². The number of hydrogen-bond donors (Lipinski definition) is 1. The van der Waals surface area contributed by atoms with Crippen molar-refractivity contribution in [2.45, 2.75) is 51.5 Å². The van der Waals surface area contributed by atoms with Gasteiger partial charge in [-0.2, -0.15) is 0 Å². The molecule has 0 heterocycles. The molecule has 0 spiro atoms. The highest BCUT2D eigenvalue weighted by atomic mass is 127. The topological polar surface area (TPSA) is 12.0 Å². The first-order valence-electron chi connectivity index (χ1n) is 7.40. The highest BCUT2D eigenvalue weighted by Gasteiger charge is 2.23. The van der Waals surface area contributed by atoms with Crippen molar-refractivity contribution < 1.29 is 0 Å². The third-order valence-corrected chi connectivity index (χ3v) is 5.67. The zero-order chi connectivity index (χ0) is 13.7. The van der Waals surface area contributed by atoms with E-state index in [2.05, 4.69) is 53.0 Å². The van der Waals surface area contributed by atoms with Crippen LogP contribution in [0.15, 0.2) is 18.2 Å². The summed E-state index contributed by atoms with van der Waals surface area (Å²) in [6.07, 6.45) is 8.27. The maximum atomic E-state index is 6.29. The molecule has 0 amide bonds. The molecule has 1 nitrogen and oxygen atoms in total. The molecule has 1 N–H and O–H groups in total. The standard InChI is InChI=1S/C16H23ClIN/c1-2-19-16(12-7-5-3-4-6-8-12)13-9-10-15(18)14(17)11-13/h9-12,16,19H,2-8H2,1H3. The van der Waals surface area contributed by atoms with E-state index in [0.717, 1.165) is 21.1 Å². The molecular weight excluding hydrogens is 369 g/mol. The summed E-state index contributed by atoms with van der Waals surface area (Å²) in [5.41, 5.74) is 1.36. The first-order chi connectivity index (χ1) is 9.22. The Morgan fingerprint density at radius 2 is 1.95 bits per heavy atom. The van der Waals surface area contributed by atoms with Gasteiger partial charge >= 0.3 is 0 Å². The molecule has 1 fully saturated rings. The van der Waals surface area contributed by atoms with Crippen LogP contribution in [0, 0.1) is 9.49 Å². The highest BCUT2D eigenvalue weighted by molar-refractivity contribution is 14.1. The lowest BCUT2D eigenvalue weighted by Gasteiger charge is -2.27. The van der Waals surface area contributed by atoms with Gasteiger partial charge in [-0.25, -0.2) is 0 Å². The van der Waals surface area contributed by atoms with Crippen molar-refractivity contribution in [2.75, 3.05) is 6.54 Å². The molecule has 1 aliphatic carbocycles. The van der Waals surface area contributed by atoms with Gasteiger partial charge in [-0.1, -0.05) is 50.3 Å². The van der Waals surface area contributed by atoms with Gasteiger partial charge in [0.25, 0.3) is 0 Å². The summed E-state index contributed by atoms with van der Waals surface area (Å²) < 4.78 is 1.14. The van der Waals surface area contributed by atoms with Gasteiger partial charge in [0.1, 0.15) is 0 Å². The van der Waals surface area contributed by atoms with E-state index in [0.29, 0.717) is 6.04 Å². The highest BCUT2D eigenvalue weighted by Crippen LogP contribution is 2.35. The second-order valence-corrected chi connectivity index (χ2v) is 7.03. The summed E-state index contributed by atoms with van der Waals surface area (Å²) in [5.74, 6) is 0.763. The summed E-state index contributed by atoms with van der Waals surface area (Å²) in [4.78, 5) is 0. The average Bonchev–Trinajstić information content (AvgIpc) is 2.68. The Kier molecular flexibility index (Phi) is 6.43. The van der Waals surface area contributed by atoms with Gasteiger partial charge in [0.05, 0.1) is 5.02 Å². The van der Waals surface area contributed by atoms with Crippen molar-refractivity contribution in [3.8, 4) is 0 Å². The normalized spacial score (nSPS) is 19.1. The van der Waals surface area contributed by atoms with Crippen LogP contribution in [0.2, 0.25) is 5.02 Å². The molecule has 1 aromatic rings. The van der Waals surface area contributed by atoms with Crippen LogP contribution in [0.3, 0.4) is 0 Å². The van der Waals surface area contributed by atoms with Gasteiger partial charge in [-0.05, 0) is 65.6 Å². The van der Waals surface area contributed by atoms with E-state index in [1.165, 1.54) is 44.1 Å². The van der Waals surface area contributed by atoms with Crippen LogP contribution in [-0.4, -0.2) is 6.54 Å². The van der Waals surface area contributed by atoms with Crippen LogP contribution in [-0.2, 0) is 0 Å². The largest absolute Gasteiger partial charge is 0.310 e. The van der Waals surface area contributed by atoms with E-state index in [1.807, 2.05) is 0 Å². The smallest absolute Gasteiger partial charge is 0.0542 e. The van der Waals surface area contributed by atoms with Crippen molar-refractivity contribution in [3.63, 3.8) is 0 Å². The molecule has 2 rings (SSSR count). The lowest BCUT2D eigenvalue weighted by atomic mass is 9.87. The number of hydrogen-bond acceptors (Lipinski definition) is 1. The Labute approximate surface area is 135 Å². The lowest BCUT2D eigenvalue weighted by Crippen LogP contribution is -2.28. The minimum Gasteiger partial charge on any atom is -0.310 e. The fourth-order valence-electron chi connectivity index (χ4n) is 3.13. The number of nitrogens with one attached hydrogen (secondary N) is 1. The quantitative estimate of drug-likeness (QED) is 0.523. The maximum Gasteiger partial charge on any atom is 0.0542 e. The van der Waals surface area contributed by atoms with Crippen LogP contribution in [0.5, 0.6) is 0 Å². The predicted octanol–water partition coefficient (Wildman–Crippen LogP) is 5.57. The zero-order valence-electron chi connectivity index (χ0n) is 11.6. The van der Waals surface area contributed by atoms with E-state index in [-0.39, 0.29) is 0 Å². The van der Waals surface area contributed by atoms with E-state index in [4.69, 9.17) is 11.6 Å². The molecular formula is C16H23ClIN. The molecule has 19 heavy (non-hydrogen) atoms. The van der Waals surface area contributed by atoms with Gasteiger partial charge in [0, 0.05) is 9.61 Å². The summed E-state index contributed by atoms with van der Waals surface area (Å²) in [6, 6.07) is 7.00. The Morgan fingerprint density at radius 1 is 1.26 bits per heavy atom. The fourth-order valence-corrected chi connectivity index (χ4v) is 3.65. The first kappa shape index (κ1) is 15.6. The molecule has 1 saturated carbocycles. The summed E-state index contributed by atoms with van der Waals surface area (Å²) in [5, 5.41) is 4.57. The Hall–Kier alpha value is 0.200. The van der Waals surface area contributed by atoms with Crippen molar-refractivity contribution in [3.05, 3.63) is 32.4 Å². The van der Waals surface area contributed by atoms with Crippen LogP contribution < -0.4 is 5.32 Å². The lowest BCUT2D eigenvalue weighted by molar-refractivity contribution is 0.330. The minimum atomic E-state index is 0.470. The third-order valence-electron chi connectivity index (χ3n) is 4.10. The van der Waals surface area contributed by atoms with Gasteiger partial charge in [0.15, 0.2) is 0 Å². The first-order valence-corrected chi connectivity index (χ1v) is 8.86. The Bertz CT molecular complexity index is 400. The minimum absolute atomic E-state index is 0.470. The van der Waals surface area contributed by atoms with Crippen LogP contribution in [0.25, 0.3) is 0 Å². The van der Waals surface area contributed by atoms with E-state index >= 15 is 0 Å². The molecule has 1 unspecified atom stereocenters. The van der Waals surface area contributed by atoms with Gasteiger partial charge < -0.3 is 5.32 Å². The molecule has 0 radical (unpaired) electrons. The van der Waals surface area contributed by atoms with Crippen LogP contribution in [0.1, 0.15) is 57.1 Å². The average molecular weight is 392 g/mol. The Morgan fingerprint density at radius 3 is 2.53 bits per heavy atom. The fraction of sp³-hybridized carbons (Fsp3) is 0.625. The van der Waals surface area contributed by atoms with Crippen molar-refractivity contribution in [1.82, 2.24) is 5.32 Å². The van der Waals surface area contributed by atoms with Gasteiger partial charge in [-0.3, -0.25) is 0 Å². The predicted molar refractivity (Wildman–Crippen MR) is 91.8 cm³/mol. The Balaban J connectivity index is 2.19. The van der Waals surface area contributed by atoms with Crippen LogP contribution in [0.4, 0.5) is 0 Å². The summed E-state index contributed by atoms with van der Waals surface area (Å²) in [7, 11) is 0. The van der Waals surface area contributed by atoms with E-state index < -0.39 is 0 Å². The SMILES string of the molecule is CCNC(c1ccc(I)c(Cl)c1)C1CCCCCC1. The summed E-state index contributed by atoms with van der Waals surface area (Å²) >= 11 is 8.59. The van der Waals surface area contributed by atoms with Gasteiger partial charge in [0.2, 0.25) is 0 Å². The molecule has 1 aromatic carbocycles. The molecule has 106 valence electrons. The van der Waals surface area contributed by atoms with Crippen LogP contribution >= 0.6 is 34.2 Å². The van der Waals surface area contributed by atoms with Gasteiger partial charge in [-0.15, -0.1) is 0 Å². The third kappa shape index (κ3) is 4.33. The van der Waals surface area contributed by atoms with Crippen molar-refractivity contribution in [2.24, 2.45) is 5.92 Å². The van der Waals surface area contributed by atoms with E-state index in [9.17, 15) is 0 Å². The summed E-state index contributed by atoms with van der Waals surface area (Å²) in [6.45, 7) is 3.21. The number of rotatable bonds is 4. The molecule has 0 saturated heterocycles. The molecule has 0 aliphatic heterocycles. The number of benzene rings is 1. The molecule has 1 atom stereocenters. The monoisotopic (exact) mass is 391 g/mol. The molecule has 0 bridgehead atoms. The molecule has 1 aliphatic rings. The maximum absolute atomic E-state index is 6.29. The van der Waals surface area contributed by atoms with E-state index in [1.54, 1.807) is 0 Å². The second kappa shape index (κ2) is 7.84. The number of halogens is 2. The zero-order valence-corrected chi connectivity index (χ0v) is 14.5. The van der Waals surface area contributed by atoms with Crippen molar-refractivity contribution >= 4 is 34.2 Å². The second-order valence-electron chi connectivity index (χ2n) is 5.46. The molecule has 0 aromatic heterocycles. The molecule has 3 heteroatoms.